The zero-order valence-corrected chi connectivity index (χ0v) is 13.5. The second kappa shape index (κ2) is 7.39. The van der Waals surface area contributed by atoms with Gasteiger partial charge in [0.25, 0.3) is 0 Å². The normalized spacial score (nSPS) is 20.3. The van der Waals surface area contributed by atoms with Crippen LogP contribution in [0.3, 0.4) is 0 Å². The van der Waals surface area contributed by atoms with Crippen LogP contribution in [0.25, 0.3) is 0 Å². The summed E-state index contributed by atoms with van der Waals surface area (Å²) in [5.41, 5.74) is -0.931. The molecule has 2 N–H and O–H groups in total. The summed E-state index contributed by atoms with van der Waals surface area (Å²) < 4.78 is 1.94. The highest BCUT2D eigenvalue weighted by molar-refractivity contribution is 5.75. The minimum Gasteiger partial charge on any atom is -0.386 e. The molecule has 1 aliphatic rings. The van der Waals surface area contributed by atoms with Gasteiger partial charge < -0.3 is 19.9 Å². The molecule has 2 aromatic heterocycles. The Morgan fingerprint density at radius 2 is 2.17 bits per heavy atom. The number of hydrogen-bond acceptors (Lipinski definition) is 6. The van der Waals surface area contributed by atoms with Crippen molar-refractivity contribution in [2.24, 2.45) is 0 Å². The number of β-amino-alcohol motifs (C(OH)–C–C–N with tert-alkyl or cyclic N) is 1. The summed E-state index contributed by atoms with van der Waals surface area (Å²) in [6.45, 7) is 2.11. The number of hydrogen-bond donors (Lipinski definition) is 2. The SMILES string of the molecule is O=C(CCCn1ccnc1)NCC1(O)CCN(c2ncccn2)C1. The number of carbonyl (C=O) groups excluding carboxylic acids is 1. The third kappa shape index (κ3) is 4.29. The number of aryl methyl sites for hydroxylation is 1. The van der Waals surface area contributed by atoms with E-state index in [0.717, 1.165) is 13.0 Å². The van der Waals surface area contributed by atoms with E-state index in [2.05, 4.69) is 20.3 Å². The molecule has 1 saturated heterocycles. The van der Waals surface area contributed by atoms with Crippen LogP contribution >= 0.6 is 0 Å². The van der Waals surface area contributed by atoms with Gasteiger partial charge >= 0.3 is 0 Å². The lowest BCUT2D eigenvalue weighted by atomic mass is 10.0. The minimum absolute atomic E-state index is 0.0436. The van der Waals surface area contributed by atoms with E-state index in [4.69, 9.17) is 0 Å². The van der Waals surface area contributed by atoms with Gasteiger partial charge in [0.15, 0.2) is 0 Å². The highest BCUT2D eigenvalue weighted by Crippen LogP contribution is 2.23. The van der Waals surface area contributed by atoms with E-state index in [1.807, 2.05) is 15.7 Å². The van der Waals surface area contributed by atoms with Crippen LogP contribution in [0.5, 0.6) is 0 Å². The van der Waals surface area contributed by atoms with Crippen LogP contribution in [-0.4, -0.2) is 55.8 Å². The fourth-order valence-corrected chi connectivity index (χ4v) is 2.82. The Morgan fingerprint density at radius 1 is 1.33 bits per heavy atom. The van der Waals surface area contributed by atoms with E-state index in [1.54, 1.807) is 31.0 Å². The molecule has 0 spiro atoms. The van der Waals surface area contributed by atoms with E-state index in [1.165, 1.54) is 0 Å². The second-order valence-electron chi connectivity index (χ2n) is 6.13. The van der Waals surface area contributed by atoms with E-state index >= 15 is 0 Å². The van der Waals surface area contributed by atoms with Gasteiger partial charge in [0.05, 0.1) is 12.9 Å². The first kappa shape index (κ1) is 16.4. The molecule has 3 heterocycles. The van der Waals surface area contributed by atoms with Crippen LogP contribution in [0, 0.1) is 0 Å². The van der Waals surface area contributed by atoms with Gasteiger partial charge in [-0.05, 0) is 18.9 Å². The molecule has 128 valence electrons. The number of aromatic nitrogens is 4. The van der Waals surface area contributed by atoms with Crippen molar-refractivity contribution in [2.75, 3.05) is 24.5 Å². The van der Waals surface area contributed by atoms with Crippen LogP contribution in [0.1, 0.15) is 19.3 Å². The Hall–Kier alpha value is -2.48. The molecule has 1 unspecified atom stereocenters. The molecule has 24 heavy (non-hydrogen) atoms. The highest BCUT2D eigenvalue weighted by Gasteiger charge is 2.37. The van der Waals surface area contributed by atoms with E-state index < -0.39 is 5.60 Å². The third-order valence-electron chi connectivity index (χ3n) is 4.16. The van der Waals surface area contributed by atoms with Crippen molar-refractivity contribution in [1.29, 1.82) is 0 Å². The van der Waals surface area contributed by atoms with Gasteiger partial charge in [0.1, 0.15) is 5.60 Å². The number of anilines is 1. The summed E-state index contributed by atoms with van der Waals surface area (Å²) in [5.74, 6) is 0.568. The Balaban J connectivity index is 1.40. The second-order valence-corrected chi connectivity index (χ2v) is 6.13. The summed E-state index contributed by atoms with van der Waals surface area (Å²) in [4.78, 5) is 26.2. The Bertz CT molecular complexity index is 648. The van der Waals surface area contributed by atoms with Crippen LogP contribution in [0.15, 0.2) is 37.2 Å². The van der Waals surface area contributed by atoms with Crippen LogP contribution in [-0.2, 0) is 11.3 Å². The first-order chi connectivity index (χ1) is 11.6. The number of aliphatic hydroxyl groups is 1. The zero-order chi connectivity index (χ0) is 16.8. The lowest BCUT2D eigenvalue weighted by molar-refractivity contribution is -0.122. The average molecular weight is 330 g/mol. The number of nitrogens with zero attached hydrogens (tertiary/aromatic N) is 5. The molecular weight excluding hydrogens is 308 g/mol. The van der Waals surface area contributed by atoms with Crippen molar-refractivity contribution in [2.45, 2.75) is 31.4 Å². The monoisotopic (exact) mass is 330 g/mol. The van der Waals surface area contributed by atoms with E-state index in [9.17, 15) is 9.90 Å². The fourth-order valence-electron chi connectivity index (χ4n) is 2.82. The van der Waals surface area contributed by atoms with Gasteiger partial charge in [-0.25, -0.2) is 15.0 Å². The topological polar surface area (TPSA) is 96.2 Å². The fraction of sp³-hybridized carbons (Fsp3) is 0.500. The highest BCUT2D eigenvalue weighted by atomic mass is 16.3. The van der Waals surface area contributed by atoms with E-state index in [0.29, 0.717) is 31.9 Å². The van der Waals surface area contributed by atoms with Crippen LogP contribution in [0.4, 0.5) is 5.95 Å². The molecule has 1 atom stereocenters. The molecule has 2 aromatic rings. The van der Waals surface area contributed by atoms with E-state index in [-0.39, 0.29) is 12.5 Å². The smallest absolute Gasteiger partial charge is 0.225 e. The Kier molecular flexibility index (Phi) is 5.05. The van der Waals surface area contributed by atoms with Gasteiger partial charge in [0.2, 0.25) is 11.9 Å². The van der Waals surface area contributed by atoms with Crippen molar-refractivity contribution in [1.82, 2.24) is 24.8 Å². The standard InChI is InChI=1S/C16H22N6O2/c23-14(3-1-8-21-10-7-17-13-21)20-11-16(24)4-9-22(12-16)15-18-5-2-6-19-15/h2,5-7,10,13,24H,1,3-4,8-9,11-12H2,(H,20,23). The minimum atomic E-state index is -0.931. The molecule has 8 heteroatoms. The number of amides is 1. The predicted octanol–water partition coefficient (Wildman–Crippen LogP) is 0.211. The molecule has 3 rings (SSSR count). The molecule has 1 aliphatic heterocycles. The molecule has 0 aromatic carbocycles. The van der Waals surface area contributed by atoms with Gasteiger partial charge in [0, 0.05) is 50.8 Å². The van der Waals surface area contributed by atoms with Crippen molar-refractivity contribution in [3.05, 3.63) is 37.2 Å². The lowest BCUT2D eigenvalue weighted by Gasteiger charge is -2.23. The Morgan fingerprint density at radius 3 is 2.92 bits per heavy atom. The van der Waals surface area contributed by atoms with Gasteiger partial charge in [-0.2, -0.15) is 0 Å². The predicted molar refractivity (Wildman–Crippen MR) is 88.3 cm³/mol. The van der Waals surface area contributed by atoms with Crippen molar-refractivity contribution < 1.29 is 9.90 Å². The molecule has 0 radical (unpaired) electrons. The number of rotatable bonds is 7. The summed E-state index contributed by atoms with van der Waals surface area (Å²) in [7, 11) is 0. The first-order valence-electron chi connectivity index (χ1n) is 8.11. The summed E-state index contributed by atoms with van der Waals surface area (Å²) in [6, 6.07) is 1.76. The molecule has 0 aliphatic carbocycles. The van der Waals surface area contributed by atoms with Gasteiger partial charge in [-0.3, -0.25) is 4.79 Å². The molecule has 1 amide bonds. The lowest BCUT2D eigenvalue weighted by Crippen LogP contribution is -2.45. The van der Waals surface area contributed by atoms with Crippen LogP contribution in [0.2, 0.25) is 0 Å². The number of carbonyl (C=O) groups is 1. The maximum Gasteiger partial charge on any atom is 0.225 e. The summed E-state index contributed by atoms with van der Waals surface area (Å²) in [5, 5.41) is 13.5. The maximum atomic E-state index is 11.9. The van der Waals surface area contributed by atoms with Crippen molar-refractivity contribution in [3.63, 3.8) is 0 Å². The summed E-state index contributed by atoms with van der Waals surface area (Å²) >= 11 is 0. The quantitative estimate of drug-likeness (QED) is 0.753. The maximum absolute atomic E-state index is 11.9. The van der Waals surface area contributed by atoms with Crippen LogP contribution < -0.4 is 10.2 Å². The average Bonchev–Trinajstić information content (AvgIpc) is 3.24. The van der Waals surface area contributed by atoms with Gasteiger partial charge in [-0.15, -0.1) is 0 Å². The molecular formula is C16H22N6O2. The number of nitrogens with one attached hydrogen (secondary N) is 1. The molecule has 8 nitrogen and oxygen atoms in total. The first-order valence-corrected chi connectivity index (χ1v) is 8.11. The Labute approximate surface area is 140 Å². The van der Waals surface area contributed by atoms with Gasteiger partial charge in [-0.1, -0.05) is 0 Å². The largest absolute Gasteiger partial charge is 0.386 e. The van der Waals surface area contributed by atoms with Crippen molar-refractivity contribution >= 4 is 11.9 Å². The molecule has 1 fully saturated rings. The number of imidazole rings is 1. The zero-order valence-electron chi connectivity index (χ0n) is 13.5. The van der Waals surface area contributed by atoms with Crippen molar-refractivity contribution in [3.8, 4) is 0 Å². The molecule has 0 bridgehead atoms. The summed E-state index contributed by atoms with van der Waals surface area (Å²) in [6.07, 6.45) is 10.4. The third-order valence-corrected chi connectivity index (χ3v) is 4.16. The molecule has 0 saturated carbocycles.